The van der Waals surface area contributed by atoms with E-state index in [4.69, 9.17) is 5.73 Å². The molecular weight excluding hydrogens is 166 g/mol. The third kappa shape index (κ3) is 2.99. The fraction of sp³-hybridized carbons (Fsp3) is 0.900. The van der Waals surface area contributed by atoms with Crippen LogP contribution in [0, 0.1) is 11.3 Å². The second-order valence-electron chi connectivity index (χ2n) is 3.83. The highest BCUT2D eigenvalue weighted by atomic mass is 16.5. The van der Waals surface area contributed by atoms with Crippen LogP contribution in [0.2, 0.25) is 0 Å². The number of carbonyl (C=O) groups excluding carboxylic acids is 1. The van der Waals surface area contributed by atoms with Crippen LogP contribution in [0.4, 0.5) is 0 Å². The Hall–Kier alpha value is -0.570. The summed E-state index contributed by atoms with van der Waals surface area (Å²) in [5, 5.41) is 0. The molecule has 0 fully saturated rings. The Morgan fingerprint density at radius 3 is 2.31 bits per heavy atom. The van der Waals surface area contributed by atoms with Crippen LogP contribution in [0.3, 0.4) is 0 Å². The third-order valence-electron chi connectivity index (χ3n) is 3.06. The van der Waals surface area contributed by atoms with Crippen molar-refractivity contribution in [2.45, 2.75) is 33.6 Å². The minimum atomic E-state index is -0.166. The Labute approximate surface area is 80.6 Å². The van der Waals surface area contributed by atoms with Gasteiger partial charge in [-0.15, -0.1) is 0 Å². The lowest BCUT2D eigenvalue weighted by atomic mass is 9.72. The van der Waals surface area contributed by atoms with E-state index in [9.17, 15) is 4.79 Å². The Bertz CT molecular complexity index is 162. The average Bonchev–Trinajstić information content (AvgIpc) is 2.13. The topological polar surface area (TPSA) is 52.3 Å². The number of hydrogen-bond acceptors (Lipinski definition) is 3. The Kier molecular flexibility index (Phi) is 4.99. The van der Waals surface area contributed by atoms with E-state index < -0.39 is 0 Å². The summed E-state index contributed by atoms with van der Waals surface area (Å²) in [6.07, 6.45) is 1.34. The maximum Gasteiger partial charge on any atom is 0.306 e. The van der Waals surface area contributed by atoms with E-state index in [2.05, 4.69) is 25.5 Å². The van der Waals surface area contributed by atoms with E-state index in [1.165, 1.54) is 7.11 Å². The summed E-state index contributed by atoms with van der Waals surface area (Å²) in [6.45, 7) is 6.80. The Morgan fingerprint density at radius 1 is 1.54 bits per heavy atom. The van der Waals surface area contributed by atoms with Gasteiger partial charge in [-0.25, -0.2) is 0 Å². The molecule has 0 aromatic heterocycles. The zero-order valence-corrected chi connectivity index (χ0v) is 9.09. The fourth-order valence-corrected chi connectivity index (χ4v) is 1.55. The molecule has 3 nitrogen and oxygen atoms in total. The van der Waals surface area contributed by atoms with Gasteiger partial charge in [0, 0.05) is 0 Å². The highest BCUT2D eigenvalue weighted by Gasteiger charge is 2.33. The quantitative estimate of drug-likeness (QED) is 0.664. The van der Waals surface area contributed by atoms with Crippen molar-refractivity contribution in [3.8, 4) is 0 Å². The van der Waals surface area contributed by atoms with Crippen molar-refractivity contribution in [1.82, 2.24) is 0 Å². The maximum atomic E-state index is 11.2. The van der Waals surface area contributed by atoms with E-state index in [0.29, 0.717) is 18.9 Å². The summed E-state index contributed by atoms with van der Waals surface area (Å²) < 4.78 is 4.67. The number of nitrogens with two attached hydrogens (primary N) is 1. The molecule has 0 aliphatic heterocycles. The van der Waals surface area contributed by atoms with Crippen LogP contribution in [0.1, 0.15) is 33.6 Å². The first-order chi connectivity index (χ1) is 6.02. The summed E-state index contributed by atoms with van der Waals surface area (Å²) >= 11 is 0. The third-order valence-corrected chi connectivity index (χ3v) is 3.06. The molecule has 0 rings (SSSR count). The number of methoxy groups -OCH3 is 1. The molecular formula is C10H21NO2. The van der Waals surface area contributed by atoms with Crippen molar-refractivity contribution in [2.24, 2.45) is 17.1 Å². The Morgan fingerprint density at radius 2 is 2.08 bits per heavy atom. The monoisotopic (exact) mass is 187 g/mol. The molecule has 0 aliphatic rings. The first kappa shape index (κ1) is 12.4. The molecule has 0 aliphatic carbocycles. The van der Waals surface area contributed by atoms with Crippen LogP contribution < -0.4 is 5.73 Å². The zero-order valence-electron chi connectivity index (χ0n) is 9.09. The molecule has 3 heteroatoms. The van der Waals surface area contributed by atoms with Gasteiger partial charge in [-0.1, -0.05) is 20.8 Å². The lowest BCUT2D eigenvalue weighted by Gasteiger charge is -2.34. The van der Waals surface area contributed by atoms with Gasteiger partial charge in [0.25, 0.3) is 0 Å². The average molecular weight is 187 g/mol. The highest BCUT2D eigenvalue weighted by molar-refractivity contribution is 5.70. The number of rotatable bonds is 5. The van der Waals surface area contributed by atoms with Crippen LogP contribution in [0.25, 0.3) is 0 Å². The highest BCUT2D eigenvalue weighted by Crippen LogP contribution is 2.34. The molecule has 0 bridgehead atoms. The van der Waals surface area contributed by atoms with E-state index in [1.54, 1.807) is 0 Å². The molecule has 0 aromatic carbocycles. The lowest BCUT2D eigenvalue weighted by Crippen LogP contribution is -2.37. The molecule has 78 valence electrons. The van der Waals surface area contributed by atoms with Gasteiger partial charge in [-0.05, 0) is 24.3 Å². The molecule has 2 N–H and O–H groups in total. The minimum Gasteiger partial charge on any atom is -0.469 e. The maximum absolute atomic E-state index is 11.2. The molecule has 0 saturated carbocycles. The van der Waals surface area contributed by atoms with Crippen molar-refractivity contribution in [3.05, 3.63) is 0 Å². The summed E-state index contributed by atoms with van der Waals surface area (Å²) in [5.41, 5.74) is 5.62. The van der Waals surface area contributed by atoms with Crippen molar-refractivity contribution in [3.63, 3.8) is 0 Å². The normalized spacial score (nSPS) is 15.5. The summed E-state index contributed by atoms with van der Waals surface area (Å²) in [5.74, 6) is 0.239. The lowest BCUT2D eigenvalue weighted by molar-refractivity contribution is -0.144. The largest absolute Gasteiger partial charge is 0.469 e. The predicted octanol–water partition coefficient (Wildman–Crippen LogP) is 1.56. The van der Waals surface area contributed by atoms with Crippen LogP contribution in [-0.4, -0.2) is 19.6 Å². The van der Waals surface area contributed by atoms with Gasteiger partial charge >= 0.3 is 5.97 Å². The second-order valence-corrected chi connectivity index (χ2v) is 3.83. The molecule has 0 amide bonds. The molecule has 0 heterocycles. The van der Waals surface area contributed by atoms with Gasteiger partial charge in [0.2, 0.25) is 0 Å². The van der Waals surface area contributed by atoms with Crippen molar-refractivity contribution in [2.75, 3.05) is 13.7 Å². The molecule has 13 heavy (non-hydrogen) atoms. The number of hydrogen-bond donors (Lipinski definition) is 1. The second kappa shape index (κ2) is 5.22. The minimum absolute atomic E-state index is 0.0902. The van der Waals surface area contributed by atoms with Gasteiger partial charge in [-0.3, -0.25) is 4.79 Å². The standard InChI is InChI=1S/C10H21NO2/c1-5-10(7-11,8(2)3)6-9(12)13-4/h8H,5-7,11H2,1-4H3. The first-order valence-electron chi connectivity index (χ1n) is 4.79. The molecule has 0 saturated heterocycles. The van der Waals surface area contributed by atoms with Crippen molar-refractivity contribution < 1.29 is 9.53 Å². The smallest absolute Gasteiger partial charge is 0.306 e. The van der Waals surface area contributed by atoms with Crippen LogP contribution in [0.15, 0.2) is 0 Å². The Balaban J connectivity index is 4.48. The van der Waals surface area contributed by atoms with Gasteiger partial charge < -0.3 is 10.5 Å². The van der Waals surface area contributed by atoms with Gasteiger partial charge in [0.05, 0.1) is 13.5 Å². The molecule has 1 atom stereocenters. The summed E-state index contributed by atoms with van der Waals surface area (Å²) in [4.78, 5) is 11.2. The number of ether oxygens (including phenoxy) is 1. The van der Waals surface area contributed by atoms with E-state index in [0.717, 1.165) is 6.42 Å². The van der Waals surface area contributed by atoms with Gasteiger partial charge in [0.15, 0.2) is 0 Å². The summed E-state index contributed by atoms with van der Waals surface area (Å²) in [7, 11) is 1.42. The van der Waals surface area contributed by atoms with Crippen LogP contribution in [-0.2, 0) is 9.53 Å². The van der Waals surface area contributed by atoms with E-state index in [-0.39, 0.29) is 11.4 Å². The zero-order chi connectivity index (χ0) is 10.5. The summed E-state index contributed by atoms with van der Waals surface area (Å²) in [6, 6.07) is 0. The van der Waals surface area contributed by atoms with Crippen LogP contribution >= 0.6 is 0 Å². The number of esters is 1. The van der Waals surface area contributed by atoms with Gasteiger partial charge in [0.1, 0.15) is 0 Å². The van der Waals surface area contributed by atoms with Crippen LogP contribution in [0.5, 0.6) is 0 Å². The fourth-order valence-electron chi connectivity index (χ4n) is 1.55. The first-order valence-corrected chi connectivity index (χ1v) is 4.79. The van der Waals surface area contributed by atoms with Crippen molar-refractivity contribution in [1.29, 1.82) is 0 Å². The number of carbonyl (C=O) groups is 1. The van der Waals surface area contributed by atoms with E-state index >= 15 is 0 Å². The van der Waals surface area contributed by atoms with Gasteiger partial charge in [-0.2, -0.15) is 0 Å². The van der Waals surface area contributed by atoms with Crippen molar-refractivity contribution >= 4 is 5.97 Å². The molecule has 0 spiro atoms. The SMILES string of the molecule is CCC(CN)(CC(=O)OC)C(C)C. The predicted molar refractivity (Wildman–Crippen MR) is 53.2 cm³/mol. The molecule has 0 radical (unpaired) electrons. The molecule has 0 aromatic rings. The molecule has 1 unspecified atom stereocenters. The van der Waals surface area contributed by atoms with E-state index in [1.807, 2.05) is 0 Å².